The molecule has 1 aromatic heterocycles. The van der Waals surface area contributed by atoms with Crippen LogP contribution in [0.25, 0.3) is 10.9 Å². The van der Waals surface area contributed by atoms with Crippen LogP contribution in [0.3, 0.4) is 0 Å². The number of H-pyrrole nitrogens is 1. The molecule has 0 aliphatic rings. The molecule has 0 bridgehead atoms. The summed E-state index contributed by atoms with van der Waals surface area (Å²) in [7, 11) is 0. The highest BCUT2D eigenvalue weighted by molar-refractivity contribution is 5.86. The number of halogens is 1. The van der Waals surface area contributed by atoms with Crippen molar-refractivity contribution in [2.24, 2.45) is 0 Å². The van der Waals surface area contributed by atoms with Gasteiger partial charge in [-0.2, -0.15) is 0 Å². The van der Waals surface area contributed by atoms with Gasteiger partial charge in [0.15, 0.2) is 0 Å². The SMILES string of the molecule is Cc1ccc(C(Nc2ccc(F)cc2)c2c(C)[nH]c3ccccc23)cc1. The van der Waals surface area contributed by atoms with Gasteiger partial charge in [0.25, 0.3) is 0 Å². The number of fused-ring (bicyclic) bond motifs is 1. The van der Waals surface area contributed by atoms with Crippen LogP contribution in [-0.2, 0) is 0 Å². The minimum atomic E-state index is -0.231. The topological polar surface area (TPSA) is 27.8 Å². The highest BCUT2D eigenvalue weighted by Crippen LogP contribution is 2.34. The molecule has 0 saturated carbocycles. The first-order valence-corrected chi connectivity index (χ1v) is 8.78. The first kappa shape index (κ1) is 16.4. The Kier molecular flexibility index (Phi) is 4.21. The lowest BCUT2D eigenvalue weighted by Gasteiger charge is -2.22. The second-order valence-corrected chi connectivity index (χ2v) is 6.70. The summed E-state index contributed by atoms with van der Waals surface area (Å²) in [6.07, 6.45) is 0. The minimum absolute atomic E-state index is 0.0304. The van der Waals surface area contributed by atoms with Crippen molar-refractivity contribution < 1.29 is 4.39 Å². The van der Waals surface area contributed by atoms with Gasteiger partial charge in [-0.3, -0.25) is 0 Å². The normalized spacial score (nSPS) is 12.3. The fourth-order valence-corrected chi connectivity index (χ4v) is 3.46. The number of hydrogen-bond acceptors (Lipinski definition) is 1. The van der Waals surface area contributed by atoms with Crippen molar-refractivity contribution >= 4 is 16.6 Å². The van der Waals surface area contributed by atoms with Crippen LogP contribution < -0.4 is 5.32 Å². The lowest BCUT2D eigenvalue weighted by Crippen LogP contribution is -2.13. The molecule has 2 N–H and O–H groups in total. The average Bonchev–Trinajstić information content (AvgIpc) is 2.98. The Balaban J connectivity index is 1.85. The number of rotatable bonds is 4. The van der Waals surface area contributed by atoms with Crippen LogP contribution in [0.2, 0.25) is 0 Å². The van der Waals surface area contributed by atoms with E-state index in [2.05, 4.69) is 66.6 Å². The smallest absolute Gasteiger partial charge is 0.123 e. The molecular weight excluding hydrogens is 323 g/mol. The van der Waals surface area contributed by atoms with Gasteiger partial charge in [-0.15, -0.1) is 0 Å². The van der Waals surface area contributed by atoms with E-state index >= 15 is 0 Å². The van der Waals surface area contributed by atoms with Crippen LogP contribution in [0.15, 0.2) is 72.8 Å². The molecule has 4 rings (SSSR count). The van der Waals surface area contributed by atoms with Gasteiger partial charge in [0.1, 0.15) is 5.82 Å². The highest BCUT2D eigenvalue weighted by atomic mass is 19.1. The zero-order valence-corrected chi connectivity index (χ0v) is 14.9. The Hall–Kier alpha value is -3.07. The van der Waals surface area contributed by atoms with Crippen LogP contribution in [0.5, 0.6) is 0 Å². The van der Waals surface area contributed by atoms with Crippen molar-refractivity contribution in [1.82, 2.24) is 4.98 Å². The molecular formula is C23H21FN2. The van der Waals surface area contributed by atoms with Crippen LogP contribution in [0.4, 0.5) is 10.1 Å². The number of anilines is 1. The van der Waals surface area contributed by atoms with Crippen LogP contribution in [-0.4, -0.2) is 4.98 Å². The van der Waals surface area contributed by atoms with Crippen molar-refractivity contribution in [2.75, 3.05) is 5.32 Å². The van der Waals surface area contributed by atoms with Gasteiger partial charge < -0.3 is 10.3 Å². The Bertz CT molecular complexity index is 1030. The molecule has 1 unspecified atom stereocenters. The summed E-state index contributed by atoms with van der Waals surface area (Å²) in [6.45, 7) is 4.19. The second-order valence-electron chi connectivity index (χ2n) is 6.70. The molecule has 0 amide bonds. The third-order valence-corrected chi connectivity index (χ3v) is 4.80. The molecule has 1 atom stereocenters. The Morgan fingerprint density at radius 2 is 1.54 bits per heavy atom. The summed E-state index contributed by atoms with van der Waals surface area (Å²) < 4.78 is 13.3. The van der Waals surface area contributed by atoms with E-state index in [1.807, 2.05) is 6.07 Å². The van der Waals surface area contributed by atoms with E-state index in [1.54, 1.807) is 12.1 Å². The van der Waals surface area contributed by atoms with Crippen LogP contribution in [0, 0.1) is 19.7 Å². The quantitative estimate of drug-likeness (QED) is 0.458. The molecule has 130 valence electrons. The fourth-order valence-electron chi connectivity index (χ4n) is 3.46. The molecule has 26 heavy (non-hydrogen) atoms. The summed E-state index contributed by atoms with van der Waals surface area (Å²) in [5, 5.41) is 4.79. The number of aromatic amines is 1. The Morgan fingerprint density at radius 3 is 2.27 bits per heavy atom. The zero-order valence-electron chi connectivity index (χ0n) is 14.9. The van der Waals surface area contributed by atoms with Gasteiger partial charge in [0.05, 0.1) is 6.04 Å². The molecule has 3 aromatic carbocycles. The summed E-state index contributed by atoms with van der Waals surface area (Å²) in [6, 6.07) is 23.4. The molecule has 0 saturated heterocycles. The van der Waals surface area contributed by atoms with Gasteiger partial charge in [-0.1, -0.05) is 48.0 Å². The van der Waals surface area contributed by atoms with E-state index in [9.17, 15) is 4.39 Å². The zero-order chi connectivity index (χ0) is 18.1. The third-order valence-electron chi connectivity index (χ3n) is 4.80. The van der Waals surface area contributed by atoms with E-state index in [-0.39, 0.29) is 11.9 Å². The molecule has 3 heteroatoms. The van der Waals surface area contributed by atoms with Crippen molar-refractivity contribution in [3.8, 4) is 0 Å². The van der Waals surface area contributed by atoms with Gasteiger partial charge in [0.2, 0.25) is 0 Å². The highest BCUT2D eigenvalue weighted by Gasteiger charge is 2.20. The van der Waals surface area contributed by atoms with E-state index in [4.69, 9.17) is 0 Å². The summed E-state index contributed by atoms with van der Waals surface area (Å²) >= 11 is 0. The van der Waals surface area contributed by atoms with E-state index < -0.39 is 0 Å². The average molecular weight is 344 g/mol. The first-order valence-electron chi connectivity index (χ1n) is 8.78. The van der Waals surface area contributed by atoms with Crippen molar-refractivity contribution in [1.29, 1.82) is 0 Å². The molecule has 4 aromatic rings. The second kappa shape index (κ2) is 6.68. The van der Waals surface area contributed by atoms with Gasteiger partial charge in [0, 0.05) is 27.8 Å². The maximum absolute atomic E-state index is 13.3. The minimum Gasteiger partial charge on any atom is -0.374 e. The predicted octanol–water partition coefficient (Wildman–Crippen LogP) is 6.13. The standard InChI is InChI=1S/C23H21FN2/c1-15-7-9-17(10-8-15)23(26-19-13-11-18(24)12-14-19)22-16(2)25-21-6-4-3-5-20(21)22/h3-14,23,25-26H,1-2H3. The van der Waals surface area contributed by atoms with Crippen molar-refractivity contribution in [3.63, 3.8) is 0 Å². The Morgan fingerprint density at radius 1 is 0.846 bits per heavy atom. The number of para-hydroxylation sites is 1. The Labute approximate surface area is 152 Å². The largest absolute Gasteiger partial charge is 0.374 e. The number of benzene rings is 3. The number of hydrogen-bond donors (Lipinski definition) is 2. The fraction of sp³-hybridized carbons (Fsp3) is 0.130. The molecule has 0 aliphatic heterocycles. The van der Waals surface area contributed by atoms with Gasteiger partial charge >= 0.3 is 0 Å². The summed E-state index contributed by atoms with van der Waals surface area (Å²) in [4.78, 5) is 3.48. The van der Waals surface area contributed by atoms with Gasteiger partial charge in [-0.05, 0) is 49.7 Å². The van der Waals surface area contributed by atoms with E-state index in [0.29, 0.717) is 0 Å². The first-order chi connectivity index (χ1) is 12.6. The monoisotopic (exact) mass is 344 g/mol. The maximum atomic E-state index is 13.3. The predicted molar refractivity (Wildman–Crippen MR) is 106 cm³/mol. The van der Waals surface area contributed by atoms with Crippen molar-refractivity contribution in [2.45, 2.75) is 19.9 Å². The summed E-state index contributed by atoms with van der Waals surface area (Å²) in [5.41, 5.74) is 6.76. The molecule has 0 aliphatic carbocycles. The molecule has 0 spiro atoms. The number of aryl methyl sites for hydroxylation is 2. The van der Waals surface area contributed by atoms with Crippen molar-refractivity contribution in [3.05, 3.63) is 101 Å². The van der Waals surface area contributed by atoms with Crippen LogP contribution >= 0.6 is 0 Å². The van der Waals surface area contributed by atoms with E-state index in [0.717, 1.165) is 16.9 Å². The number of aromatic nitrogens is 1. The number of nitrogens with one attached hydrogen (secondary N) is 2. The van der Waals surface area contributed by atoms with Gasteiger partial charge in [-0.25, -0.2) is 4.39 Å². The molecule has 2 nitrogen and oxygen atoms in total. The molecule has 0 fully saturated rings. The van der Waals surface area contributed by atoms with E-state index in [1.165, 1.54) is 34.2 Å². The third kappa shape index (κ3) is 3.08. The lowest BCUT2D eigenvalue weighted by molar-refractivity contribution is 0.628. The maximum Gasteiger partial charge on any atom is 0.123 e. The molecule has 1 heterocycles. The van der Waals surface area contributed by atoms with Crippen LogP contribution in [0.1, 0.15) is 28.4 Å². The molecule has 0 radical (unpaired) electrons. The summed E-state index contributed by atoms with van der Waals surface area (Å²) in [5.74, 6) is -0.231. The lowest BCUT2D eigenvalue weighted by atomic mass is 9.95.